The molecule has 3 nitrogen and oxygen atoms in total. The fourth-order valence-electron chi connectivity index (χ4n) is 2.26. The van der Waals surface area contributed by atoms with Crippen LogP contribution in [0.4, 0.5) is 5.69 Å². The smallest absolute Gasteiger partial charge is 0.224 e. The third-order valence-corrected chi connectivity index (χ3v) is 3.46. The van der Waals surface area contributed by atoms with E-state index in [2.05, 4.69) is 18.3 Å². The Bertz CT molecular complexity index is 593. The maximum absolute atomic E-state index is 11.9. The number of hydrogen-bond donors (Lipinski definition) is 1. The SMILES string of the molecule is COc1ccc(CCCC(=O)Nc2ccccc2)c(C)c1. The summed E-state index contributed by atoms with van der Waals surface area (Å²) >= 11 is 0. The summed E-state index contributed by atoms with van der Waals surface area (Å²) in [6.07, 6.45) is 2.27. The standard InChI is InChI=1S/C18H21NO2/c1-14-13-17(21-2)12-11-15(14)7-6-10-18(20)19-16-8-4-3-5-9-16/h3-5,8-9,11-13H,6-7,10H2,1-2H3,(H,19,20). The molecule has 2 aromatic rings. The van der Waals surface area contributed by atoms with E-state index in [9.17, 15) is 4.79 Å². The van der Waals surface area contributed by atoms with Crippen molar-refractivity contribution < 1.29 is 9.53 Å². The van der Waals surface area contributed by atoms with Crippen molar-refractivity contribution in [3.63, 3.8) is 0 Å². The number of ether oxygens (including phenoxy) is 1. The molecule has 0 aliphatic heterocycles. The number of amides is 1. The number of carbonyl (C=O) groups excluding carboxylic acids is 1. The minimum atomic E-state index is 0.0624. The van der Waals surface area contributed by atoms with Gasteiger partial charge in [0.05, 0.1) is 7.11 Å². The predicted octanol–water partition coefficient (Wildman–Crippen LogP) is 3.97. The molecule has 0 saturated carbocycles. The topological polar surface area (TPSA) is 38.3 Å². The van der Waals surface area contributed by atoms with E-state index in [0.29, 0.717) is 6.42 Å². The summed E-state index contributed by atoms with van der Waals surface area (Å²) in [5, 5.41) is 2.90. The lowest BCUT2D eigenvalue weighted by Crippen LogP contribution is -2.11. The minimum absolute atomic E-state index is 0.0624. The first kappa shape index (κ1) is 15.1. The number of methoxy groups -OCH3 is 1. The van der Waals surface area contributed by atoms with Crippen LogP contribution < -0.4 is 10.1 Å². The van der Waals surface area contributed by atoms with Crippen molar-refractivity contribution in [1.29, 1.82) is 0 Å². The van der Waals surface area contributed by atoms with Crippen LogP contribution in [0, 0.1) is 6.92 Å². The van der Waals surface area contributed by atoms with Crippen molar-refractivity contribution in [1.82, 2.24) is 0 Å². The Morgan fingerprint density at radius 3 is 2.57 bits per heavy atom. The van der Waals surface area contributed by atoms with E-state index in [0.717, 1.165) is 24.3 Å². The van der Waals surface area contributed by atoms with Crippen LogP contribution in [-0.2, 0) is 11.2 Å². The van der Waals surface area contributed by atoms with Gasteiger partial charge in [-0.1, -0.05) is 24.3 Å². The van der Waals surface area contributed by atoms with Crippen LogP contribution in [-0.4, -0.2) is 13.0 Å². The monoisotopic (exact) mass is 283 g/mol. The molecule has 0 spiro atoms. The van der Waals surface area contributed by atoms with E-state index < -0.39 is 0 Å². The van der Waals surface area contributed by atoms with E-state index >= 15 is 0 Å². The molecule has 0 atom stereocenters. The van der Waals surface area contributed by atoms with Crippen molar-refractivity contribution in [3.05, 3.63) is 59.7 Å². The lowest BCUT2D eigenvalue weighted by atomic mass is 10.0. The highest BCUT2D eigenvalue weighted by molar-refractivity contribution is 5.90. The fraction of sp³-hybridized carbons (Fsp3) is 0.278. The molecule has 0 aromatic heterocycles. The Balaban J connectivity index is 1.80. The molecule has 1 N–H and O–H groups in total. The third-order valence-electron chi connectivity index (χ3n) is 3.46. The Morgan fingerprint density at radius 1 is 1.14 bits per heavy atom. The summed E-state index contributed by atoms with van der Waals surface area (Å²) in [6, 6.07) is 15.6. The molecule has 0 radical (unpaired) electrons. The lowest BCUT2D eigenvalue weighted by Gasteiger charge is -2.08. The molecular formula is C18H21NO2. The first-order chi connectivity index (χ1) is 10.2. The van der Waals surface area contributed by atoms with Crippen molar-refractivity contribution in [2.45, 2.75) is 26.2 Å². The third kappa shape index (κ3) is 4.63. The van der Waals surface area contributed by atoms with Crippen molar-refractivity contribution in [2.75, 3.05) is 12.4 Å². The molecule has 2 rings (SSSR count). The summed E-state index contributed by atoms with van der Waals surface area (Å²) in [6.45, 7) is 2.07. The Morgan fingerprint density at radius 2 is 1.90 bits per heavy atom. The normalized spacial score (nSPS) is 10.2. The van der Waals surface area contributed by atoms with Gasteiger partial charge >= 0.3 is 0 Å². The highest BCUT2D eigenvalue weighted by atomic mass is 16.5. The maximum atomic E-state index is 11.9. The highest BCUT2D eigenvalue weighted by Gasteiger charge is 2.04. The average molecular weight is 283 g/mol. The minimum Gasteiger partial charge on any atom is -0.497 e. The zero-order valence-electron chi connectivity index (χ0n) is 12.6. The van der Waals surface area contributed by atoms with Crippen LogP contribution >= 0.6 is 0 Å². The van der Waals surface area contributed by atoms with Gasteiger partial charge in [-0.3, -0.25) is 4.79 Å². The van der Waals surface area contributed by atoms with Crippen LogP contribution in [0.5, 0.6) is 5.75 Å². The zero-order chi connectivity index (χ0) is 15.1. The Hall–Kier alpha value is -2.29. The van der Waals surface area contributed by atoms with Crippen molar-refractivity contribution >= 4 is 11.6 Å². The Kier molecular flexibility index (Phi) is 5.38. The van der Waals surface area contributed by atoms with Gasteiger partial charge in [0.25, 0.3) is 0 Å². The van der Waals surface area contributed by atoms with E-state index in [1.165, 1.54) is 11.1 Å². The molecule has 0 aliphatic rings. The zero-order valence-corrected chi connectivity index (χ0v) is 12.6. The molecule has 0 fully saturated rings. The van der Waals surface area contributed by atoms with Crippen LogP contribution in [0.1, 0.15) is 24.0 Å². The molecule has 1 amide bonds. The second-order valence-electron chi connectivity index (χ2n) is 5.06. The van der Waals surface area contributed by atoms with Crippen molar-refractivity contribution in [3.8, 4) is 5.75 Å². The van der Waals surface area contributed by atoms with Crippen LogP contribution in [0.3, 0.4) is 0 Å². The number of nitrogens with one attached hydrogen (secondary N) is 1. The largest absolute Gasteiger partial charge is 0.497 e. The van der Waals surface area contributed by atoms with E-state index in [1.54, 1.807) is 7.11 Å². The summed E-state index contributed by atoms with van der Waals surface area (Å²) < 4.78 is 5.19. The number of carbonyl (C=O) groups is 1. The summed E-state index contributed by atoms with van der Waals surface area (Å²) in [5.41, 5.74) is 3.32. The number of benzene rings is 2. The van der Waals surface area contributed by atoms with Gasteiger partial charge in [-0.25, -0.2) is 0 Å². The van der Waals surface area contributed by atoms with E-state index in [-0.39, 0.29) is 5.91 Å². The van der Waals surface area contributed by atoms with E-state index in [1.807, 2.05) is 42.5 Å². The van der Waals surface area contributed by atoms with Crippen LogP contribution in [0.2, 0.25) is 0 Å². The molecule has 0 heterocycles. The van der Waals surface area contributed by atoms with Gasteiger partial charge in [0.2, 0.25) is 5.91 Å². The molecule has 3 heteroatoms. The van der Waals surface area contributed by atoms with Gasteiger partial charge in [0.15, 0.2) is 0 Å². The molecule has 0 aliphatic carbocycles. The highest BCUT2D eigenvalue weighted by Crippen LogP contribution is 2.18. The maximum Gasteiger partial charge on any atom is 0.224 e. The van der Waals surface area contributed by atoms with E-state index in [4.69, 9.17) is 4.74 Å². The van der Waals surface area contributed by atoms with Gasteiger partial charge in [-0.15, -0.1) is 0 Å². The van der Waals surface area contributed by atoms with Crippen LogP contribution in [0.15, 0.2) is 48.5 Å². The summed E-state index contributed by atoms with van der Waals surface area (Å²) in [5.74, 6) is 0.936. The molecule has 2 aromatic carbocycles. The van der Waals surface area contributed by atoms with Gasteiger partial charge in [-0.2, -0.15) is 0 Å². The number of rotatable bonds is 6. The fourth-order valence-corrected chi connectivity index (χ4v) is 2.26. The average Bonchev–Trinajstić information content (AvgIpc) is 2.50. The quantitative estimate of drug-likeness (QED) is 0.871. The second-order valence-corrected chi connectivity index (χ2v) is 5.06. The van der Waals surface area contributed by atoms with Gasteiger partial charge in [0, 0.05) is 12.1 Å². The van der Waals surface area contributed by atoms with Crippen LogP contribution in [0.25, 0.3) is 0 Å². The first-order valence-electron chi connectivity index (χ1n) is 7.17. The van der Waals surface area contributed by atoms with Gasteiger partial charge < -0.3 is 10.1 Å². The molecule has 0 saturated heterocycles. The number of para-hydroxylation sites is 1. The summed E-state index contributed by atoms with van der Waals surface area (Å²) in [4.78, 5) is 11.9. The lowest BCUT2D eigenvalue weighted by molar-refractivity contribution is -0.116. The molecular weight excluding hydrogens is 262 g/mol. The van der Waals surface area contributed by atoms with Gasteiger partial charge in [-0.05, 0) is 55.2 Å². The molecule has 0 unspecified atom stereocenters. The predicted molar refractivity (Wildman–Crippen MR) is 85.7 cm³/mol. The number of hydrogen-bond acceptors (Lipinski definition) is 2. The summed E-state index contributed by atoms with van der Waals surface area (Å²) in [7, 11) is 1.67. The molecule has 0 bridgehead atoms. The number of anilines is 1. The van der Waals surface area contributed by atoms with Crippen molar-refractivity contribution in [2.24, 2.45) is 0 Å². The number of aryl methyl sites for hydroxylation is 2. The second kappa shape index (κ2) is 7.48. The van der Waals surface area contributed by atoms with Gasteiger partial charge in [0.1, 0.15) is 5.75 Å². The molecule has 21 heavy (non-hydrogen) atoms. The molecule has 110 valence electrons. The first-order valence-corrected chi connectivity index (χ1v) is 7.17. The Labute approximate surface area is 126 Å².